The van der Waals surface area contributed by atoms with Gasteiger partial charge in [0, 0.05) is 42.5 Å². The minimum Gasteiger partial charge on any atom is -0.481 e. The minimum atomic E-state index is -0.723. The van der Waals surface area contributed by atoms with Crippen LogP contribution in [-0.4, -0.2) is 34.1 Å². The Morgan fingerprint density at radius 2 is 2.06 bits per heavy atom. The molecule has 0 aliphatic heterocycles. The maximum Gasteiger partial charge on any atom is 0.336 e. The highest BCUT2D eigenvalue weighted by Crippen LogP contribution is 2.24. The van der Waals surface area contributed by atoms with E-state index in [1.54, 1.807) is 50.6 Å². The molecule has 1 unspecified atom stereocenters. The van der Waals surface area contributed by atoms with Gasteiger partial charge < -0.3 is 18.6 Å². The SMILES string of the molecule is Cc1cc(=O)oc2ccc(OC(C)C(=O)N(C)Cc3cc(-c4cccnc4)no3)cc12. The molecule has 0 aliphatic carbocycles. The van der Waals surface area contributed by atoms with E-state index in [4.69, 9.17) is 13.7 Å². The van der Waals surface area contributed by atoms with Crippen LogP contribution in [0.25, 0.3) is 22.2 Å². The number of rotatable bonds is 6. The van der Waals surface area contributed by atoms with Crippen molar-refractivity contribution in [2.45, 2.75) is 26.5 Å². The van der Waals surface area contributed by atoms with Crippen LogP contribution in [0.2, 0.25) is 0 Å². The van der Waals surface area contributed by atoms with Crippen LogP contribution in [0, 0.1) is 6.92 Å². The third kappa shape index (κ3) is 4.48. The number of carbonyl (C=O) groups excluding carboxylic acids is 1. The van der Waals surface area contributed by atoms with E-state index in [-0.39, 0.29) is 12.5 Å². The van der Waals surface area contributed by atoms with Gasteiger partial charge in [-0.15, -0.1) is 0 Å². The first-order valence-electron chi connectivity index (χ1n) is 9.73. The van der Waals surface area contributed by atoms with E-state index in [9.17, 15) is 9.59 Å². The number of fused-ring (bicyclic) bond motifs is 1. The smallest absolute Gasteiger partial charge is 0.336 e. The predicted molar refractivity (Wildman–Crippen MR) is 114 cm³/mol. The summed E-state index contributed by atoms with van der Waals surface area (Å²) < 4.78 is 16.4. The van der Waals surface area contributed by atoms with Crippen LogP contribution in [0.5, 0.6) is 5.75 Å². The zero-order valence-electron chi connectivity index (χ0n) is 17.4. The summed E-state index contributed by atoms with van der Waals surface area (Å²) in [5, 5.41) is 4.80. The largest absolute Gasteiger partial charge is 0.481 e. The highest BCUT2D eigenvalue weighted by molar-refractivity contribution is 5.83. The average Bonchev–Trinajstić information content (AvgIpc) is 3.22. The van der Waals surface area contributed by atoms with Gasteiger partial charge in [0.2, 0.25) is 0 Å². The Labute approximate surface area is 178 Å². The number of carbonyl (C=O) groups is 1. The van der Waals surface area contributed by atoms with E-state index >= 15 is 0 Å². The lowest BCUT2D eigenvalue weighted by atomic mass is 10.1. The van der Waals surface area contributed by atoms with Crippen molar-refractivity contribution in [2.75, 3.05) is 7.05 Å². The highest BCUT2D eigenvalue weighted by atomic mass is 16.5. The first-order valence-corrected chi connectivity index (χ1v) is 9.73. The summed E-state index contributed by atoms with van der Waals surface area (Å²) in [6.07, 6.45) is 2.66. The Morgan fingerprint density at radius 1 is 1.23 bits per heavy atom. The van der Waals surface area contributed by atoms with Crippen molar-refractivity contribution in [2.24, 2.45) is 0 Å². The number of aromatic nitrogens is 2. The molecule has 0 saturated carbocycles. The number of nitrogens with zero attached hydrogens (tertiary/aromatic N) is 3. The van der Waals surface area contributed by atoms with Gasteiger partial charge in [0.15, 0.2) is 11.9 Å². The number of benzene rings is 1. The second-order valence-electron chi connectivity index (χ2n) is 7.28. The van der Waals surface area contributed by atoms with Crippen LogP contribution >= 0.6 is 0 Å². The van der Waals surface area contributed by atoms with Crippen LogP contribution in [0.4, 0.5) is 0 Å². The van der Waals surface area contributed by atoms with Gasteiger partial charge in [-0.25, -0.2) is 4.79 Å². The Morgan fingerprint density at radius 3 is 2.84 bits per heavy atom. The molecule has 0 spiro atoms. The summed E-state index contributed by atoms with van der Waals surface area (Å²) in [6, 6.07) is 12.0. The zero-order chi connectivity index (χ0) is 22.0. The van der Waals surface area contributed by atoms with E-state index in [0.717, 1.165) is 16.5 Å². The fourth-order valence-electron chi connectivity index (χ4n) is 3.29. The van der Waals surface area contributed by atoms with Gasteiger partial charge in [-0.3, -0.25) is 9.78 Å². The minimum absolute atomic E-state index is 0.212. The Kier molecular flexibility index (Phi) is 5.53. The van der Waals surface area contributed by atoms with E-state index in [1.165, 1.54) is 11.0 Å². The number of amides is 1. The van der Waals surface area contributed by atoms with Gasteiger partial charge in [0.25, 0.3) is 5.91 Å². The Hall–Kier alpha value is -3.94. The van der Waals surface area contributed by atoms with Crippen LogP contribution in [0.3, 0.4) is 0 Å². The van der Waals surface area contributed by atoms with E-state index in [2.05, 4.69) is 10.1 Å². The van der Waals surface area contributed by atoms with Crippen LogP contribution in [-0.2, 0) is 11.3 Å². The zero-order valence-corrected chi connectivity index (χ0v) is 17.4. The molecule has 3 aromatic heterocycles. The fraction of sp³-hybridized carbons (Fsp3) is 0.217. The molecule has 3 heterocycles. The van der Waals surface area contributed by atoms with Crippen molar-refractivity contribution in [3.63, 3.8) is 0 Å². The number of likely N-dealkylation sites (N-methyl/N-ethyl adjacent to an activating group) is 1. The molecule has 8 nitrogen and oxygen atoms in total. The van der Waals surface area contributed by atoms with Crippen molar-refractivity contribution < 1.29 is 18.5 Å². The number of pyridine rings is 1. The number of aryl methyl sites for hydroxylation is 1. The van der Waals surface area contributed by atoms with E-state index in [1.807, 2.05) is 19.1 Å². The van der Waals surface area contributed by atoms with Crippen molar-refractivity contribution in [3.05, 3.63) is 76.6 Å². The molecule has 31 heavy (non-hydrogen) atoms. The quantitative estimate of drug-likeness (QED) is 0.441. The standard InChI is InChI=1S/C23H21N3O5/c1-14-9-22(27)30-21-7-6-17(10-19(14)21)29-15(2)23(28)26(3)13-18-11-20(25-31-18)16-5-4-8-24-12-16/h4-12,15H,13H2,1-3H3. The molecule has 1 atom stereocenters. The molecule has 4 aromatic rings. The molecule has 0 fully saturated rings. The third-order valence-electron chi connectivity index (χ3n) is 4.87. The van der Waals surface area contributed by atoms with Gasteiger partial charge in [-0.1, -0.05) is 5.16 Å². The lowest BCUT2D eigenvalue weighted by molar-refractivity contribution is -0.137. The van der Waals surface area contributed by atoms with Gasteiger partial charge in [-0.2, -0.15) is 0 Å². The average molecular weight is 419 g/mol. The molecule has 0 radical (unpaired) electrons. The monoisotopic (exact) mass is 419 g/mol. The molecular formula is C23H21N3O5. The van der Waals surface area contributed by atoms with E-state index < -0.39 is 11.7 Å². The number of ether oxygens (including phenoxy) is 1. The lowest BCUT2D eigenvalue weighted by Crippen LogP contribution is -2.37. The summed E-state index contributed by atoms with van der Waals surface area (Å²) in [6.45, 7) is 3.76. The molecule has 158 valence electrons. The molecule has 4 rings (SSSR count). The fourth-order valence-corrected chi connectivity index (χ4v) is 3.29. The summed E-state index contributed by atoms with van der Waals surface area (Å²) in [4.78, 5) is 29.9. The van der Waals surface area contributed by atoms with Gasteiger partial charge in [-0.05, 0) is 49.7 Å². The number of hydrogen-bond acceptors (Lipinski definition) is 7. The molecule has 1 aromatic carbocycles. The summed E-state index contributed by atoms with van der Waals surface area (Å²) in [5.74, 6) is 0.853. The maximum absolute atomic E-state index is 12.8. The second-order valence-corrected chi connectivity index (χ2v) is 7.28. The van der Waals surface area contributed by atoms with Gasteiger partial charge in [0.05, 0.1) is 6.54 Å². The molecule has 1 amide bonds. The molecule has 0 N–H and O–H groups in total. The summed E-state index contributed by atoms with van der Waals surface area (Å²) >= 11 is 0. The first-order chi connectivity index (χ1) is 14.9. The predicted octanol–water partition coefficient (Wildman–Crippen LogP) is 3.58. The molecule has 0 saturated heterocycles. The van der Waals surface area contributed by atoms with Crippen LogP contribution < -0.4 is 10.4 Å². The van der Waals surface area contributed by atoms with Crippen LogP contribution in [0.15, 0.2) is 68.6 Å². The summed E-state index contributed by atoms with van der Waals surface area (Å²) in [7, 11) is 1.67. The molecular weight excluding hydrogens is 398 g/mol. The first kappa shape index (κ1) is 20.3. The van der Waals surface area contributed by atoms with Crippen molar-refractivity contribution in [1.82, 2.24) is 15.0 Å². The normalized spacial score (nSPS) is 12.0. The van der Waals surface area contributed by atoms with Crippen molar-refractivity contribution >= 4 is 16.9 Å². The van der Waals surface area contributed by atoms with Gasteiger partial charge >= 0.3 is 5.63 Å². The van der Waals surface area contributed by atoms with Crippen molar-refractivity contribution in [1.29, 1.82) is 0 Å². The van der Waals surface area contributed by atoms with E-state index in [0.29, 0.717) is 22.8 Å². The molecule has 0 aliphatic rings. The second kappa shape index (κ2) is 8.43. The highest BCUT2D eigenvalue weighted by Gasteiger charge is 2.21. The molecule has 8 heteroatoms. The Balaban J connectivity index is 1.43. The lowest BCUT2D eigenvalue weighted by Gasteiger charge is -2.21. The third-order valence-corrected chi connectivity index (χ3v) is 4.87. The molecule has 0 bridgehead atoms. The maximum atomic E-state index is 12.8. The van der Waals surface area contributed by atoms with Crippen LogP contribution in [0.1, 0.15) is 18.2 Å². The van der Waals surface area contributed by atoms with Gasteiger partial charge in [0.1, 0.15) is 17.0 Å². The Bertz CT molecular complexity index is 1280. The summed E-state index contributed by atoms with van der Waals surface area (Å²) in [5.41, 5.74) is 2.35. The topological polar surface area (TPSA) is 98.7 Å². The van der Waals surface area contributed by atoms with Crippen molar-refractivity contribution in [3.8, 4) is 17.0 Å². The number of hydrogen-bond donors (Lipinski definition) is 0.